The number of hydrogen-bond donors (Lipinski definition) is 2. The number of carbonyl (C=O) groups is 1. The molecule has 22 heavy (non-hydrogen) atoms. The van der Waals surface area contributed by atoms with Gasteiger partial charge in [0.25, 0.3) is 5.91 Å². The summed E-state index contributed by atoms with van der Waals surface area (Å²) in [7, 11) is 0. The van der Waals surface area contributed by atoms with E-state index in [1.165, 1.54) is 11.8 Å². The van der Waals surface area contributed by atoms with E-state index in [-0.39, 0.29) is 11.7 Å². The lowest BCUT2D eigenvalue weighted by atomic mass is 10.2. The van der Waals surface area contributed by atoms with Crippen molar-refractivity contribution in [2.75, 3.05) is 0 Å². The molecule has 0 atom stereocenters. The Labute approximate surface area is 137 Å². The van der Waals surface area contributed by atoms with Crippen LogP contribution in [0.4, 0.5) is 0 Å². The summed E-state index contributed by atoms with van der Waals surface area (Å²) in [5.41, 5.74) is 3.60. The van der Waals surface area contributed by atoms with Crippen molar-refractivity contribution in [2.45, 2.75) is 13.8 Å². The normalized spacial score (nSPS) is 16.4. The summed E-state index contributed by atoms with van der Waals surface area (Å²) in [6.07, 6.45) is 1.83. The predicted octanol–water partition coefficient (Wildman–Crippen LogP) is 3.29. The van der Waals surface area contributed by atoms with E-state index < -0.39 is 0 Å². The molecule has 1 aromatic carbocycles. The van der Waals surface area contributed by atoms with Gasteiger partial charge in [-0.05, 0) is 43.7 Å². The lowest BCUT2D eigenvalue weighted by molar-refractivity contribution is -0.115. The second-order valence-corrected chi connectivity index (χ2v) is 6.72. The molecule has 0 unspecified atom stereocenters. The van der Waals surface area contributed by atoms with Crippen LogP contribution < -0.4 is 5.32 Å². The monoisotopic (exact) mass is 330 g/mol. The molecule has 0 radical (unpaired) electrons. The fraction of sp³-hybridized carbons (Fsp3) is 0.125. The summed E-state index contributed by atoms with van der Waals surface area (Å²) in [6.45, 7) is 3.93. The maximum absolute atomic E-state index is 11.8. The van der Waals surface area contributed by atoms with E-state index in [0.29, 0.717) is 9.23 Å². The molecule has 0 aliphatic carbocycles. The fourth-order valence-corrected chi connectivity index (χ4v) is 3.56. The highest BCUT2D eigenvalue weighted by atomic mass is 32.2. The first kappa shape index (κ1) is 14.9. The van der Waals surface area contributed by atoms with Crippen molar-refractivity contribution >= 4 is 40.3 Å². The van der Waals surface area contributed by atoms with Gasteiger partial charge < -0.3 is 15.0 Å². The Kier molecular flexibility index (Phi) is 3.80. The number of hydrogen-bond acceptors (Lipinski definition) is 4. The second-order valence-electron chi connectivity index (χ2n) is 5.00. The maximum Gasteiger partial charge on any atom is 0.263 e. The molecule has 6 heteroatoms. The zero-order valence-corrected chi connectivity index (χ0v) is 13.7. The van der Waals surface area contributed by atoms with Crippen molar-refractivity contribution in [1.29, 1.82) is 0 Å². The van der Waals surface area contributed by atoms with Crippen LogP contribution in [0.1, 0.15) is 17.0 Å². The number of amides is 1. The summed E-state index contributed by atoms with van der Waals surface area (Å²) in [5.74, 6) is 0.0556. The summed E-state index contributed by atoms with van der Waals surface area (Å²) in [6, 6.07) is 9.18. The Hall–Kier alpha value is -2.05. The van der Waals surface area contributed by atoms with E-state index in [1.807, 2.05) is 42.7 Å². The number of aromatic hydroxyl groups is 1. The Morgan fingerprint density at radius 2 is 2.05 bits per heavy atom. The lowest BCUT2D eigenvalue weighted by Gasteiger charge is -2.11. The zero-order valence-electron chi connectivity index (χ0n) is 12.1. The molecule has 1 aromatic heterocycles. The lowest BCUT2D eigenvalue weighted by Crippen LogP contribution is -2.17. The van der Waals surface area contributed by atoms with Crippen LogP contribution in [0.25, 0.3) is 11.8 Å². The first-order valence-corrected chi connectivity index (χ1v) is 7.92. The average Bonchev–Trinajstić information content (AvgIpc) is 2.91. The SMILES string of the molecule is Cc1cc(/C=C2\SC(=S)NC2=O)c(C)n1-c1ccccc1O. The number of para-hydroxylation sites is 2. The van der Waals surface area contributed by atoms with Gasteiger partial charge in [-0.1, -0.05) is 36.1 Å². The average molecular weight is 330 g/mol. The van der Waals surface area contributed by atoms with E-state index in [2.05, 4.69) is 5.32 Å². The van der Waals surface area contributed by atoms with Gasteiger partial charge in [0.15, 0.2) is 0 Å². The van der Waals surface area contributed by atoms with Gasteiger partial charge in [-0.15, -0.1) is 0 Å². The molecule has 0 spiro atoms. The molecule has 2 aromatic rings. The number of aryl methyl sites for hydroxylation is 1. The van der Waals surface area contributed by atoms with E-state index >= 15 is 0 Å². The molecule has 2 N–H and O–H groups in total. The molecule has 3 rings (SSSR count). The van der Waals surface area contributed by atoms with Crippen LogP contribution in [0.2, 0.25) is 0 Å². The third-order valence-electron chi connectivity index (χ3n) is 3.52. The number of aromatic nitrogens is 1. The number of nitrogens with one attached hydrogen (secondary N) is 1. The molecule has 1 aliphatic heterocycles. The summed E-state index contributed by atoms with van der Waals surface area (Å²) in [4.78, 5) is 12.4. The van der Waals surface area contributed by atoms with Crippen LogP contribution in [-0.2, 0) is 4.79 Å². The summed E-state index contributed by atoms with van der Waals surface area (Å²) < 4.78 is 2.45. The number of benzene rings is 1. The van der Waals surface area contributed by atoms with E-state index in [9.17, 15) is 9.90 Å². The van der Waals surface area contributed by atoms with Crippen LogP contribution in [0.3, 0.4) is 0 Å². The number of nitrogens with zero attached hydrogens (tertiary/aromatic N) is 1. The minimum Gasteiger partial charge on any atom is -0.506 e. The van der Waals surface area contributed by atoms with E-state index in [0.717, 1.165) is 22.6 Å². The van der Waals surface area contributed by atoms with E-state index in [1.54, 1.807) is 12.1 Å². The van der Waals surface area contributed by atoms with Crippen LogP contribution in [0.15, 0.2) is 35.2 Å². The number of rotatable bonds is 2. The number of thioether (sulfide) groups is 1. The Morgan fingerprint density at radius 1 is 1.32 bits per heavy atom. The summed E-state index contributed by atoms with van der Waals surface area (Å²) >= 11 is 6.26. The van der Waals surface area contributed by atoms with Crippen LogP contribution in [-0.4, -0.2) is 19.9 Å². The first-order chi connectivity index (χ1) is 10.5. The zero-order chi connectivity index (χ0) is 15.9. The van der Waals surface area contributed by atoms with Crippen molar-refractivity contribution < 1.29 is 9.90 Å². The van der Waals surface area contributed by atoms with Crippen LogP contribution in [0.5, 0.6) is 5.75 Å². The van der Waals surface area contributed by atoms with Crippen molar-refractivity contribution in [1.82, 2.24) is 9.88 Å². The van der Waals surface area contributed by atoms with Crippen molar-refractivity contribution in [3.05, 3.63) is 52.2 Å². The molecule has 1 saturated heterocycles. The fourth-order valence-electron chi connectivity index (χ4n) is 2.52. The predicted molar refractivity (Wildman–Crippen MR) is 93.2 cm³/mol. The molecule has 1 amide bonds. The van der Waals surface area contributed by atoms with Gasteiger partial charge in [0.2, 0.25) is 0 Å². The van der Waals surface area contributed by atoms with Gasteiger partial charge in [0.05, 0.1) is 10.6 Å². The molecule has 2 heterocycles. The first-order valence-electron chi connectivity index (χ1n) is 6.69. The van der Waals surface area contributed by atoms with Crippen molar-refractivity contribution in [3.8, 4) is 11.4 Å². The minimum absolute atomic E-state index is 0.164. The Morgan fingerprint density at radius 3 is 2.68 bits per heavy atom. The molecule has 4 nitrogen and oxygen atoms in total. The smallest absolute Gasteiger partial charge is 0.263 e. The Balaban J connectivity index is 2.09. The highest BCUT2D eigenvalue weighted by molar-refractivity contribution is 8.26. The van der Waals surface area contributed by atoms with Gasteiger partial charge in [-0.2, -0.15) is 0 Å². The topological polar surface area (TPSA) is 54.3 Å². The molecule has 1 fully saturated rings. The largest absolute Gasteiger partial charge is 0.506 e. The van der Waals surface area contributed by atoms with Crippen LogP contribution >= 0.6 is 24.0 Å². The number of phenols is 1. The third-order valence-corrected chi connectivity index (χ3v) is 4.68. The van der Waals surface area contributed by atoms with E-state index in [4.69, 9.17) is 12.2 Å². The Bertz CT molecular complexity index is 822. The quantitative estimate of drug-likeness (QED) is 0.655. The molecular formula is C16H14N2O2S2. The standard InChI is InChI=1S/C16H14N2O2S2/c1-9-7-11(8-14-15(20)17-16(21)22-14)10(2)18(9)12-5-3-4-6-13(12)19/h3-8,19H,1-2H3,(H,17,20,21)/b14-8-. The molecule has 112 valence electrons. The molecule has 1 aliphatic rings. The minimum atomic E-state index is -0.164. The maximum atomic E-state index is 11.8. The second kappa shape index (κ2) is 5.62. The highest BCUT2D eigenvalue weighted by Gasteiger charge is 2.23. The van der Waals surface area contributed by atoms with Gasteiger partial charge >= 0.3 is 0 Å². The number of carbonyl (C=O) groups excluding carboxylic acids is 1. The van der Waals surface area contributed by atoms with Gasteiger partial charge in [-0.3, -0.25) is 4.79 Å². The number of thiocarbonyl (C=S) groups is 1. The number of phenolic OH excluding ortho intramolecular Hbond substituents is 1. The van der Waals surface area contributed by atoms with Gasteiger partial charge in [-0.25, -0.2) is 0 Å². The highest BCUT2D eigenvalue weighted by Crippen LogP contribution is 2.31. The van der Waals surface area contributed by atoms with Gasteiger partial charge in [0, 0.05) is 11.4 Å². The van der Waals surface area contributed by atoms with Gasteiger partial charge in [0.1, 0.15) is 10.1 Å². The third kappa shape index (κ3) is 2.55. The molecule has 0 saturated carbocycles. The van der Waals surface area contributed by atoms with Crippen LogP contribution in [0, 0.1) is 13.8 Å². The molecule has 0 bridgehead atoms. The molecular weight excluding hydrogens is 316 g/mol. The van der Waals surface area contributed by atoms with Crippen molar-refractivity contribution in [2.24, 2.45) is 0 Å². The summed E-state index contributed by atoms with van der Waals surface area (Å²) in [5, 5.41) is 12.7. The van der Waals surface area contributed by atoms with Crippen molar-refractivity contribution in [3.63, 3.8) is 0 Å².